The molecule has 1 saturated heterocycles. The molecule has 1 N–H and O–H groups in total. The first-order chi connectivity index (χ1) is 11.1. The van der Waals surface area contributed by atoms with Crippen molar-refractivity contribution in [3.8, 4) is 5.75 Å². The lowest BCUT2D eigenvalue weighted by atomic mass is 10.1. The number of likely N-dealkylation sites (tertiary alicyclic amines) is 1. The van der Waals surface area contributed by atoms with Crippen LogP contribution in [0.5, 0.6) is 5.75 Å². The van der Waals surface area contributed by atoms with Crippen LogP contribution in [0.1, 0.15) is 19.3 Å². The number of hydrogen-bond acceptors (Lipinski definition) is 4. The van der Waals surface area contributed by atoms with Crippen molar-refractivity contribution in [3.05, 3.63) is 24.3 Å². The molecule has 0 atom stereocenters. The van der Waals surface area contributed by atoms with Crippen molar-refractivity contribution < 1.29 is 14.3 Å². The third-order valence-electron chi connectivity index (χ3n) is 4.45. The van der Waals surface area contributed by atoms with Gasteiger partial charge < -0.3 is 19.9 Å². The molecule has 0 aromatic heterocycles. The summed E-state index contributed by atoms with van der Waals surface area (Å²) in [6.07, 6.45) is 2.29. The second-order valence-electron chi connectivity index (χ2n) is 6.20. The summed E-state index contributed by atoms with van der Waals surface area (Å²) in [5, 5.41) is 3.08. The van der Waals surface area contributed by atoms with Gasteiger partial charge in [0, 0.05) is 19.0 Å². The Bertz CT molecular complexity index is 582. The van der Waals surface area contributed by atoms with E-state index in [0.29, 0.717) is 18.7 Å². The number of benzene rings is 1. The average molecular weight is 317 g/mol. The normalized spacial score (nSPS) is 19.2. The van der Waals surface area contributed by atoms with Crippen molar-refractivity contribution in [1.82, 2.24) is 10.2 Å². The van der Waals surface area contributed by atoms with Crippen LogP contribution in [0.15, 0.2) is 24.3 Å². The summed E-state index contributed by atoms with van der Waals surface area (Å²) in [4.78, 5) is 28.1. The van der Waals surface area contributed by atoms with Crippen molar-refractivity contribution in [2.75, 3.05) is 38.2 Å². The van der Waals surface area contributed by atoms with Crippen molar-refractivity contribution in [2.45, 2.75) is 25.3 Å². The molecule has 6 nitrogen and oxygen atoms in total. The fourth-order valence-electron chi connectivity index (χ4n) is 3.07. The number of para-hydroxylation sites is 2. The first-order valence-corrected chi connectivity index (χ1v) is 8.13. The van der Waals surface area contributed by atoms with Gasteiger partial charge in [0.25, 0.3) is 5.91 Å². The molecule has 2 aliphatic heterocycles. The van der Waals surface area contributed by atoms with Crippen LogP contribution in [0.3, 0.4) is 0 Å². The van der Waals surface area contributed by atoms with Crippen molar-refractivity contribution >= 4 is 17.5 Å². The predicted molar refractivity (Wildman–Crippen MR) is 87.6 cm³/mol. The summed E-state index contributed by atoms with van der Waals surface area (Å²) in [6.45, 7) is 2.45. The molecule has 0 bridgehead atoms. The van der Waals surface area contributed by atoms with E-state index < -0.39 is 0 Å². The van der Waals surface area contributed by atoms with E-state index >= 15 is 0 Å². The van der Waals surface area contributed by atoms with Crippen molar-refractivity contribution in [3.63, 3.8) is 0 Å². The third-order valence-corrected chi connectivity index (χ3v) is 4.45. The third kappa shape index (κ3) is 3.82. The number of fused-ring (bicyclic) bond motifs is 1. The molecule has 0 radical (unpaired) electrons. The molecule has 23 heavy (non-hydrogen) atoms. The first-order valence-electron chi connectivity index (χ1n) is 8.13. The molecule has 0 saturated carbocycles. The second kappa shape index (κ2) is 7.00. The van der Waals surface area contributed by atoms with E-state index in [-0.39, 0.29) is 24.5 Å². The van der Waals surface area contributed by atoms with E-state index in [4.69, 9.17) is 4.74 Å². The maximum atomic E-state index is 12.2. The molecule has 6 heteroatoms. The van der Waals surface area contributed by atoms with Gasteiger partial charge in [0.1, 0.15) is 5.75 Å². The molecule has 1 aromatic rings. The summed E-state index contributed by atoms with van der Waals surface area (Å²) < 4.78 is 5.41. The Morgan fingerprint density at radius 2 is 2.04 bits per heavy atom. The molecular formula is C17H23N3O3. The van der Waals surface area contributed by atoms with Gasteiger partial charge in [-0.15, -0.1) is 0 Å². The zero-order valence-corrected chi connectivity index (χ0v) is 13.5. The molecule has 124 valence electrons. The van der Waals surface area contributed by atoms with E-state index in [2.05, 4.69) is 17.3 Å². The molecule has 1 fully saturated rings. The van der Waals surface area contributed by atoms with Crippen LogP contribution in [0.2, 0.25) is 0 Å². The van der Waals surface area contributed by atoms with Gasteiger partial charge in [-0.25, -0.2) is 0 Å². The quantitative estimate of drug-likeness (QED) is 0.900. The standard InChI is InChI=1S/C17H23N3O3/c1-19-9-6-13(7-10-19)18-16(21)8-11-20-14-4-2-3-5-15(14)23-12-17(20)22/h2-5,13H,6-12H2,1H3,(H,18,21). The molecule has 0 unspecified atom stereocenters. The van der Waals surface area contributed by atoms with Crippen molar-refractivity contribution in [1.29, 1.82) is 0 Å². The monoisotopic (exact) mass is 317 g/mol. The van der Waals surface area contributed by atoms with Gasteiger partial charge in [-0.3, -0.25) is 9.59 Å². The molecular weight excluding hydrogens is 294 g/mol. The van der Waals surface area contributed by atoms with Crippen LogP contribution in [0, 0.1) is 0 Å². The highest BCUT2D eigenvalue weighted by atomic mass is 16.5. The van der Waals surface area contributed by atoms with Gasteiger partial charge in [0.2, 0.25) is 5.91 Å². The van der Waals surface area contributed by atoms with E-state index in [1.807, 2.05) is 24.3 Å². The number of nitrogens with one attached hydrogen (secondary N) is 1. The lowest BCUT2D eigenvalue weighted by Crippen LogP contribution is -2.45. The van der Waals surface area contributed by atoms with Crippen LogP contribution in [0.4, 0.5) is 5.69 Å². The van der Waals surface area contributed by atoms with Crippen molar-refractivity contribution in [2.24, 2.45) is 0 Å². The zero-order valence-electron chi connectivity index (χ0n) is 13.5. The molecule has 2 amide bonds. The summed E-state index contributed by atoms with van der Waals surface area (Å²) in [5.41, 5.74) is 0.746. The Hall–Kier alpha value is -2.08. The highest BCUT2D eigenvalue weighted by molar-refractivity contribution is 5.98. The average Bonchev–Trinajstić information content (AvgIpc) is 2.56. The Morgan fingerprint density at radius 3 is 2.83 bits per heavy atom. The maximum Gasteiger partial charge on any atom is 0.265 e. The SMILES string of the molecule is CN1CCC(NC(=O)CCN2C(=O)COc3ccccc32)CC1. The molecule has 0 aliphatic carbocycles. The smallest absolute Gasteiger partial charge is 0.265 e. The van der Waals surface area contributed by atoms with Gasteiger partial charge >= 0.3 is 0 Å². The summed E-state index contributed by atoms with van der Waals surface area (Å²) >= 11 is 0. The van der Waals surface area contributed by atoms with E-state index in [1.54, 1.807) is 4.90 Å². The number of anilines is 1. The Balaban J connectivity index is 1.53. The van der Waals surface area contributed by atoms with Gasteiger partial charge in [0.15, 0.2) is 6.61 Å². The minimum atomic E-state index is -0.101. The summed E-state index contributed by atoms with van der Waals surface area (Å²) in [7, 11) is 2.10. The molecule has 2 aliphatic rings. The number of amides is 2. The number of piperidine rings is 1. The lowest BCUT2D eigenvalue weighted by Gasteiger charge is -2.31. The molecule has 0 spiro atoms. The first kappa shape index (κ1) is 15.8. The minimum Gasteiger partial charge on any atom is -0.482 e. The molecule has 3 rings (SSSR count). The molecule has 1 aromatic carbocycles. The van der Waals surface area contributed by atoms with E-state index in [0.717, 1.165) is 31.6 Å². The Kier molecular flexibility index (Phi) is 4.81. The minimum absolute atomic E-state index is 0.0105. The van der Waals surface area contributed by atoms with Crippen LogP contribution in [0.25, 0.3) is 0 Å². The van der Waals surface area contributed by atoms with Gasteiger partial charge in [-0.1, -0.05) is 12.1 Å². The Morgan fingerprint density at radius 1 is 1.30 bits per heavy atom. The van der Waals surface area contributed by atoms with Gasteiger partial charge in [0.05, 0.1) is 5.69 Å². The topological polar surface area (TPSA) is 61.9 Å². The predicted octanol–water partition coefficient (Wildman–Crippen LogP) is 1.01. The number of nitrogens with zero attached hydrogens (tertiary/aromatic N) is 2. The van der Waals surface area contributed by atoms with Crippen LogP contribution in [-0.4, -0.2) is 56.0 Å². The van der Waals surface area contributed by atoms with E-state index in [9.17, 15) is 9.59 Å². The highest BCUT2D eigenvalue weighted by Crippen LogP contribution is 2.31. The number of ether oxygens (including phenoxy) is 1. The summed E-state index contributed by atoms with van der Waals surface area (Å²) in [5.74, 6) is 0.606. The second-order valence-corrected chi connectivity index (χ2v) is 6.20. The highest BCUT2D eigenvalue weighted by Gasteiger charge is 2.26. The molecule has 2 heterocycles. The maximum absolute atomic E-state index is 12.2. The van der Waals surface area contributed by atoms with Crippen LogP contribution >= 0.6 is 0 Å². The van der Waals surface area contributed by atoms with Crippen LogP contribution < -0.4 is 15.0 Å². The fraction of sp³-hybridized carbons (Fsp3) is 0.529. The summed E-state index contributed by atoms with van der Waals surface area (Å²) in [6, 6.07) is 7.69. The number of carbonyl (C=O) groups excluding carboxylic acids is 2. The van der Waals surface area contributed by atoms with Crippen LogP contribution in [-0.2, 0) is 9.59 Å². The number of rotatable bonds is 4. The zero-order chi connectivity index (χ0) is 16.2. The number of hydrogen-bond donors (Lipinski definition) is 1. The van der Waals surface area contributed by atoms with Gasteiger partial charge in [-0.2, -0.15) is 0 Å². The largest absolute Gasteiger partial charge is 0.482 e. The number of carbonyl (C=O) groups is 2. The Labute approximate surface area is 136 Å². The van der Waals surface area contributed by atoms with Gasteiger partial charge in [-0.05, 0) is 45.1 Å². The van der Waals surface area contributed by atoms with E-state index in [1.165, 1.54) is 0 Å². The fourth-order valence-corrected chi connectivity index (χ4v) is 3.07. The lowest BCUT2D eigenvalue weighted by molar-refractivity contribution is -0.122.